The highest BCUT2D eigenvalue weighted by Gasteiger charge is 2.21. The number of halogens is 1. The van der Waals surface area contributed by atoms with Gasteiger partial charge in [-0.2, -0.15) is 10.1 Å². The molecule has 5 rings (SSSR count). The molecule has 1 saturated heterocycles. The van der Waals surface area contributed by atoms with Gasteiger partial charge in [0.25, 0.3) is 0 Å². The van der Waals surface area contributed by atoms with Crippen LogP contribution in [0.2, 0.25) is 5.02 Å². The number of rotatable bonds is 6. The Hall–Kier alpha value is -3.53. The van der Waals surface area contributed by atoms with Crippen LogP contribution in [-0.4, -0.2) is 62.0 Å². The van der Waals surface area contributed by atoms with Crippen LogP contribution < -0.4 is 15.6 Å². The topological polar surface area (TPSA) is 99.4 Å². The van der Waals surface area contributed by atoms with Crippen molar-refractivity contribution in [2.24, 2.45) is 7.05 Å². The van der Waals surface area contributed by atoms with Crippen LogP contribution in [0.15, 0.2) is 53.5 Å². The smallest absolute Gasteiger partial charge is 0.229 e. The van der Waals surface area contributed by atoms with Crippen molar-refractivity contribution in [1.29, 1.82) is 0 Å². The molecule has 0 saturated carbocycles. The van der Waals surface area contributed by atoms with E-state index in [4.69, 9.17) is 11.6 Å². The summed E-state index contributed by atoms with van der Waals surface area (Å²) >= 11 is 6.30. The third-order valence-electron chi connectivity index (χ3n) is 6.81. The van der Waals surface area contributed by atoms with Gasteiger partial charge < -0.3 is 15.3 Å². The monoisotopic (exact) mass is 519 g/mol. The lowest BCUT2D eigenvalue weighted by atomic mass is 10.1. The Morgan fingerprint density at radius 2 is 1.86 bits per heavy atom. The maximum absolute atomic E-state index is 13.2. The predicted molar refractivity (Wildman–Crippen MR) is 148 cm³/mol. The number of aliphatic hydroxyl groups excluding tert-OH is 1. The molecule has 4 aromatic rings. The van der Waals surface area contributed by atoms with Crippen LogP contribution in [0, 0.1) is 0 Å². The second-order valence-electron chi connectivity index (χ2n) is 9.46. The molecule has 2 N–H and O–H groups in total. The van der Waals surface area contributed by atoms with E-state index in [0.717, 1.165) is 43.1 Å². The molecule has 0 amide bonds. The molecule has 1 aliphatic heterocycles. The number of aromatic nitrogens is 4. The predicted octanol–water partition coefficient (Wildman–Crippen LogP) is 3.81. The van der Waals surface area contributed by atoms with Gasteiger partial charge in [-0.05, 0) is 38.1 Å². The van der Waals surface area contributed by atoms with Crippen molar-refractivity contribution in [3.05, 3.63) is 69.5 Å². The van der Waals surface area contributed by atoms with Crippen molar-refractivity contribution in [1.82, 2.24) is 24.6 Å². The Labute approximate surface area is 220 Å². The second-order valence-corrected chi connectivity index (χ2v) is 9.86. The molecule has 0 unspecified atom stereocenters. The van der Waals surface area contributed by atoms with Gasteiger partial charge >= 0.3 is 0 Å². The summed E-state index contributed by atoms with van der Waals surface area (Å²) in [6.45, 7) is 8.20. The van der Waals surface area contributed by atoms with Crippen molar-refractivity contribution in [3.63, 3.8) is 0 Å². The minimum absolute atomic E-state index is 0.0724. The number of benzene rings is 2. The molecule has 0 atom stereocenters. The third-order valence-corrected chi connectivity index (χ3v) is 7.13. The molecular weight excluding hydrogens is 490 g/mol. The summed E-state index contributed by atoms with van der Waals surface area (Å²) in [7, 11) is 1.73. The average molecular weight is 520 g/mol. The zero-order chi connectivity index (χ0) is 26.1. The minimum Gasteiger partial charge on any atom is -0.392 e. The largest absolute Gasteiger partial charge is 0.392 e. The quantitative estimate of drug-likeness (QED) is 0.397. The van der Waals surface area contributed by atoms with Crippen molar-refractivity contribution >= 4 is 40.0 Å². The fraction of sp³-hybridized carbons (Fsp3) is 0.333. The highest BCUT2D eigenvalue weighted by atomic mass is 35.5. The fourth-order valence-corrected chi connectivity index (χ4v) is 4.97. The maximum atomic E-state index is 13.2. The zero-order valence-corrected chi connectivity index (χ0v) is 21.9. The molecule has 2 aromatic heterocycles. The summed E-state index contributed by atoms with van der Waals surface area (Å²) in [4.78, 5) is 26.9. The van der Waals surface area contributed by atoms with Crippen LogP contribution in [0.5, 0.6) is 0 Å². The van der Waals surface area contributed by atoms with Gasteiger partial charge in [0.1, 0.15) is 5.69 Å². The summed E-state index contributed by atoms with van der Waals surface area (Å²) in [6, 6.07) is 13.5. The van der Waals surface area contributed by atoms with E-state index in [1.54, 1.807) is 29.9 Å². The zero-order valence-electron chi connectivity index (χ0n) is 21.1. The van der Waals surface area contributed by atoms with E-state index in [0.29, 0.717) is 33.6 Å². The van der Waals surface area contributed by atoms with Crippen molar-refractivity contribution in [2.75, 3.05) is 36.4 Å². The minimum atomic E-state index is -0.280. The van der Waals surface area contributed by atoms with E-state index in [1.165, 1.54) is 6.20 Å². The highest BCUT2D eigenvalue weighted by molar-refractivity contribution is 6.33. The summed E-state index contributed by atoms with van der Waals surface area (Å²) in [5.74, 6) is 0.331. The Bertz CT molecular complexity index is 1500. The van der Waals surface area contributed by atoms with Crippen LogP contribution >= 0.6 is 11.6 Å². The van der Waals surface area contributed by atoms with Gasteiger partial charge in [0.05, 0.1) is 17.0 Å². The SMILES string of the molecule is CC(C)N1CCN(c2ccc(Nc3ncc4c(=O)c(-c5ccccc5Cl)nn(C)c4n3)cc2CO)CC1. The van der Waals surface area contributed by atoms with Gasteiger partial charge in [-0.1, -0.05) is 29.8 Å². The first kappa shape index (κ1) is 25.1. The molecule has 0 bridgehead atoms. The van der Waals surface area contributed by atoms with Crippen molar-refractivity contribution < 1.29 is 5.11 Å². The van der Waals surface area contributed by atoms with E-state index >= 15 is 0 Å². The molecule has 3 heterocycles. The molecule has 10 heteroatoms. The van der Waals surface area contributed by atoms with Gasteiger partial charge in [0.15, 0.2) is 5.65 Å². The normalized spacial score (nSPS) is 14.5. The molecule has 2 aromatic carbocycles. The number of nitrogens with zero attached hydrogens (tertiary/aromatic N) is 6. The number of nitrogens with one attached hydrogen (secondary N) is 1. The summed E-state index contributed by atoms with van der Waals surface area (Å²) in [6.07, 6.45) is 1.50. The van der Waals surface area contributed by atoms with Gasteiger partial charge in [-0.3, -0.25) is 9.69 Å². The number of hydrogen-bond acceptors (Lipinski definition) is 8. The molecule has 1 fully saturated rings. The lowest BCUT2D eigenvalue weighted by Crippen LogP contribution is -2.49. The van der Waals surface area contributed by atoms with Crippen molar-refractivity contribution in [3.8, 4) is 11.3 Å². The Morgan fingerprint density at radius 1 is 1.11 bits per heavy atom. The van der Waals surface area contributed by atoms with Crippen molar-refractivity contribution in [2.45, 2.75) is 26.5 Å². The number of fused-ring (bicyclic) bond motifs is 1. The van der Waals surface area contributed by atoms with Gasteiger partial charge in [-0.15, -0.1) is 0 Å². The Balaban J connectivity index is 1.41. The molecule has 37 heavy (non-hydrogen) atoms. The van der Waals surface area contributed by atoms with Crippen LogP contribution in [0.1, 0.15) is 19.4 Å². The third kappa shape index (κ3) is 5.02. The summed E-state index contributed by atoms with van der Waals surface area (Å²) < 4.78 is 1.56. The van der Waals surface area contributed by atoms with Gasteiger partial charge in [0, 0.05) is 68.0 Å². The molecule has 0 radical (unpaired) electrons. The Morgan fingerprint density at radius 3 is 2.57 bits per heavy atom. The highest BCUT2D eigenvalue weighted by Crippen LogP contribution is 2.28. The summed E-state index contributed by atoms with van der Waals surface area (Å²) in [5.41, 5.74) is 3.56. The van der Waals surface area contributed by atoms with E-state index in [1.807, 2.05) is 24.3 Å². The van der Waals surface area contributed by atoms with E-state index < -0.39 is 0 Å². The lowest BCUT2D eigenvalue weighted by molar-refractivity contribution is 0.209. The second kappa shape index (κ2) is 10.5. The molecule has 192 valence electrons. The first-order chi connectivity index (χ1) is 17.9. The standard InChI is InChI=1S/C27H30ClN7O2/c1-17(2)34-10-12-35(13-11-34)23-9-8-19(14-18(23)16-36)30-27-29-15-21-25(37)24(32-33(3)26(21)31-27)20-6-4-5-7-22(20)28/h4-9,14-15,17,36H,10-13,16H2,1-3H3,(H,29,30,31). The van der Waals surface area contributed by atoms with Gasteiger partial charge in [0.2, 0.25) is 11.4 Å². The summed E-state index contributed by atoms with van der Waals surface area (Å²) in [5, 5.41) is 18.5. The van der Waals surface area contributed by atoms with E-state index in [2.05, 4.69) is 44.0 Å². The molecule has 0 aliphatic carbocycles. The van der Waals surface area contributed by atoms with Crippen LogP contribution in [0.25, 0.3) is 22.3 Å². The first-order valence-corrected chi connectivity index (χ1v) is 12.7. The molecule has 0 spiro atoms. The van der Waals surface area contributed by atoms with E-state index in [-0.39, 0.29) is 17.7 Å². The van der Waals surface area contributed by atoms with Crippen LogP contribution in [0.4, 0.5) is 17.3 Å². The van der Waals surface area contributed by atoms with E-state index in [9.17, 15) is 9.90 Å². The molecular formula is C27H30ClN7O2. The number of aryl methyl sites for hydroxylation is 1. The fourth-order valence-electron chi connectivity index (χ4n) is 4.75. The molecule has 1 aliphatic rings. The first-order valence-electron chi connectivity index (χ1n) is 12.3. The number of anilines is 3. The maximum Gasteiger partial charge on any atom is 0.229 e. The van der Waals surface area contributed by atoms with Crippen LogP contribution in [0.3, 0.4) is 0 Å². The average Bonchev–Trinajstić information content (AvgIpc) is 2.91. The molecule has 9 nitrogen and oxygen atoms in total. The number of hydrogen-bond donors (Lipinski definition) is 2. The lowest BCUT2D eigenvalue weighted by Gasteiger charge is -2.38. The van der Waals surface area contributed by atoms with Gasteiger partial charge in [-0.25, -0.2) is 9.67 Å². The van der Waals surface area contributed by atoms with Crippen LogP contribution in [-0.2, 0) is 13.7 Å². The number of aliphatic hydroxyl groups is 1. The number of piperazine rings is 1. The Kier molecular flexibility index (Phi) is 7.10.